The largest absolute Gasteiger partial charge is 0.459 e. The van der Waals surface area contributed by atoms with E-state index in [9.17, 15) is 25.4 Å². The number of nitrogens with one attached hydrogen (secondary N) is 1. The van der Waals surface area contributed by atoms with E-state index in [-0.39, 0.29) is 76.3 Å². The van der Waals surface area contributed by atoms with Crippen LogP contribution in [-0.4, -0.2) is 109 Å². The first-order valence-electron chi connectivity index (χ1n) is 25.5. The third-order valence-electron chi connectivity index (χ3n) is 13.6. The highest BCUT2D eigenvalue weighted by Crippen LogP contribution is 2.62. The van der Waals surface area contributed by atoms with E-state index in [1.54, 1.807) is 41.3 Å². The number of aliphatic hydroxyl groups excluding tert-OH is 3. The van der Waals surface area contributed by atoms with Gasteiger partial charge in [-0.3, -0.25) is 4.79 Å². The van der Waals surface area contributed by atoms with Gasteiger partial charge < -0.3 is 49.3 Å². The first-order valence-corrected chi connectivity index (χ1v) is 25.5. The summed E-state index contributed by atoms with van der Waals surface area (Å²) in [5.41, 5.74) is 3.11. The fraction of sp³-hybridized carbons (Fsp3) is 0.630. The van der Waals surface area contributed by atoms with Crippen molar-refractivity contribution in [2.45, 2.75) is 141 Å². The minimum Gasteiger partial charge on any atom is -0.459 e. The molecule has 2 amide bonds. The van der Waals surface area contributed by atoms with Gasteiger partial charge in [0.05, 0.1) is 49.7 Å². The van der Waals surface area contributed by atoms with E-state index in [2.05, 4.69) is 31.0 Å². The first-order chi connectivity index (χ1) is 33.3. The second kappa shape index (κ2) is 29.3. The Morgan fingerprint density at radius 3 is 2.28 bits per heavy atom. The maximum absolute atomic E-state index is 15.0. The molecule has 68 heavy (non-hydrogen) atoms. The Morgan fingerprint density at radius 1 is 0.912 bits per heavy atom. The van der Waals surface area contributed by atoms with Crippen molar-refractivity contribution in [2.75, 3.05) is 59.3 Å². The van der Waals surface area contributed by atoms with E-state index in [0.29, 0.717) is 54.3 Å². The average molecular weight is 943 g/mol. The Balaban J connectivity index is 1.58. The predicted octanol–water partition coefficient (Wildman–Crippen LogP) is 9.37. The Kier molecular flexibility index (Phi) is 23.3. The number of allylic oxidation sites excluding steroid dienone is 1. The van der Waals surface area contributed by atoms with Crippen LogP contribution in [0.4, 0.5) is 4.79 Å². The summed E-state index contributed by atoms with van der Waals surface area (Å²) >= 11 is 0. The molecule has 1 saturated carbocycles. The van der Waals surface area contributed by atoms with E-state index in [0.717, 1.165) is 56.1 Å². The number of hydrogen-bond acceptors (Lipinski definition) is 12. The molecule has 0 spiro atoms. The molecule has 0 radical (unpaired) electrons. The summed E-state index contributed by atoms with van der Waals surface area (Å²) in [5, 5.41) is 46.8. The third kappa shape index (κ3) is 14.6. The highest BCUT2D eigenvalue weighted by molar-refractivity contribution is 6.03. The van der Waals surface area contributed by atoms with Crippen LogP contribution >= 0.6 is 0 Å². The van der Waals surface area contributed by atoms with Gasteiger partial charge in [-0.15, -0.1) is 6.58 Å². The number of nitriles is 1. The molecule has 2 aromatic carbocycles. The Hall–Kier alpha value is -4.78. The molecular formula is C54H78N4O10. The van der Waals surface area contributed by atoms with Crippen LogP contribution < -0.4 is 14.8 Å². The molecule has 14 nitrogen and oxygen atoms in total. The number of carbonyl (C=O) groups excluding carboxylic acids is 2. The van der Waals surface area contributed by atoms with Crippen molar-refractivity contribution in [1.82, 2.24) is 10.2 Å². The van der Waals surface area contributed by atoms with Crippen LogP contribution in [0.25, 0.3) is 0 Å². The number of unbranched alkanes of at least 4 members (excludes halogenated alkanes) is 11. The van der Waals surface area contributed by atoms with E-state index in [1.165, 1.54) is 44.9 Å². The summed E-state index contributed by atoms with van der Waals surface area (Å²) in [5.74, 6) is -1.90. The summed E-state index contributed by atoms with van der Waals surface area (Å²) in [4.78, 5) is 35.9. The Bertz CT molecular complexity index is 1970. The number of benzene rings is 2. The van der Waals surface area contributed by atoms with Gasteiger partial charge in [-0.05, 0) is 98.9 Å². The minimum atomic E-state index is -1.53. The Labute approximate surface area is 404 Å². The van der Waals surface area contributed by atoms with Gasteiger partial charge in [-0.1, -0.05) is 94.9 Å². The summed E-state index contributed by atoms with van der Waals surface area (Å²) in [6.07, 6.45) is 19.9. The highest BCUT2D eigenvalue weighted by atomic mass is 16.7. The molecule has 2 aromatic rings. The smallest absolute Gasteiger partial charge is 0.412 e. The number of hydrogen-bond donors (Lipinski definition) is 4. The second-order valence-electron chi connectivity index (χ2n) is 18.2. The van der Waals surface area contributed by atoms with E-state index in [1.807, 2.05) is 19.1 Å². The van der Waals surface area contributed by atoms with Gasteiger partial charge in [-0.2, -0.15) is 5.26 Å². The monoisotopic (exact) mass is 943 g/mol. The van der Waals surface area contributed by atoms with Crippen molar-refractivity contribution in [1.29, 1.82) is 5.26 Å². The molecule has 3 aliphatic rings. The quantitative estimate of drug-likeness (QED) is 0.0310. The molecule has 1 heterocycles. The topological polar surface area (TPSA) is 192 Å². The lowest BCUT2D eigenvalue weighted by atomic mass is 9.55. The lowest BCUT2D eigenvalue weighted by molar-refractivity contribution is -0.254. The number of rotatable bonds is 32. The summed E-state index contributed by atoms with van der Waals surface area (Å²) in [6.45, 7) is 9.23. The van der Waals surface area contributed by atoms with Gasteiger partial charge in [0.1, 0.15) is 24.1 Å². The number of amides is 2. The molecule has 2 aliphatic carbocycles. The van der Waals surface area contributed by atoms with Crippen molar-refractivity contribution >= 4 is 17.7 Å². The Morgan fingerprint density at radius 2 is 1.62 bits per heavy atom. The molecule has 6 atom stereocenters. The van der Waals surface area contributed by atoms with Crippen LogP contribution in [-0.2, 0) is 14.3 Å². The first kappa shape index (κ1) is 54.2. The van der Waals surface area contributed by atoms with Crippen LogP contribution in [0, 0.1) is 29.1 Å². The molecule has 374 valence electrons. The summed E-state index contributed by atoms with van der Waals surface area (Å²) in [6, 6.07) is 13.2. The molecule has 6 unspecified atom stereocenters. The van der Waals surface area contributed by atoms with Gasteiger partial charge in [0, 0.05) is 49.8 Å². The molecule has 1 fully saturated rings. The highest BCUT2D eigenvalue weighted by Gasteiger charge is 2.65. The van der Waals surface area contributed by atoms with Gasteiger partial charge in [-0.25, -0.2) is 4.79 Å². The lowest BCUT2D eigenvalue weighted by Crippen LogP contribution is -2.70. The molecule has 5 rings (SSSR count). The lowest BCUT2D eigenvalue weighted by Gasteiger charge is -2.60. The van der Waals surface area contributed by atoms with E-state index in [4.69, 9.17) is 28.9 Å². The number of carbonyl (C=O) groups is 2. The molecule has 0 saturated heterocycles. The normalized spacial score (nSPS) is 22.0. The van der Waals surface area contributed by atoms with Crippen LogP contribution in [0.15, 0.2) is 71.9 Å². The minimum absolute atomic E-state index is 0.0140. The zero-order valence-corrected chi connectivity index (χ0v) is 40.7. The van der Waals surface area contributed by atoms with Gasteiger partial charge in [0.15, 0.2) is 0 Å². The maximum Gasteiger partial charge on any atom is 0.412 e. The average Bonchev–Trinajstić information content (AvgIpc) is 3.35. The molecule has 1 aliphatic heterocycles. The molecule has 4 N–H and O–H groups in total. The number of nitrogens with zero attached hydrogens (tertiary/aromatic N) is 3. The fourth-order valence-corrected chi connectivity index (χ4v) is 10.4. The number of aliphatic hydroxyl groups is 3. The third-order valence-corrected chi connectivity index (χ3v) is 13.6. The van der Waals surface area contributed by atoms with E-state index >= 15 is 4.79 Å². The second-order valence-corrected chi connectivity index (χ2v) is 18.2. The number of fused-ring (bicyclic) bond motifs is 2. The zero-order valence-electron chi connectivity index (χ0n) is 40.7. The fourth-order valence-electron chi connectivity index (χ4n) is 10.4. The van der Waals surface area contributed by atoms with Crippen molar-refractivity contribution in [3.05, 3.63) is 83.5 Å². The summed E-state index contributed by atoms with van der Waals surface area (Å²) < 4.78 is 26.2. The van der Waals surface area contributed by atoms with Crippen molar-refractivity contribution < 1.29 is 48.7 Å². The zero-order chi connectivity index (χ0) is 48.6. The number of ether oxygens (including phenoxy) is 4. The van der Waals surface area contributed by atoms with Crippen LogP contribution in [0.2, 0.25) is 0 Å². The van der Waals surface area contributed by atoms with Crippen LogP contribution in [0.3, 0.4) is 0 Å². The molecule has 0 bridgehead atoms. The van der Waals surface area contributed by atoms with E-state index < -0.39 is 23.8 Å². The molecule has 0 aromatic heterocycles. The summed E-state index contributed by atoms with van der Waals surface area (Å²) in [7, 11) is 0. The van der Waals surface area contributed by atoms with Crippen LogP contribution in [0.5, 0.6) is 11.5 Å². The SMILES string of the molecule is C=CCOC12Oc3ccc(OC(=O)NCCCCCCCCCCCC)cc3C3C(CCCCO)C(CCCCO)C=C(C(=NOCC)CC1N(CCOCCO)C(=O)c1ccc(C#N)cc1)C32. The van der Waals surface area contributed by atoms with Crippen molar-refractivity contribution in [3.8, 4) is 17.6 Å². The van der Waals surface area contributed by atoms with Crippen molar-refractivity contribution in [2.24, 2.45) is 22.9 Å². The maximum atomic E-state index is 15.0. The standard InChI is InChI=1S/C54H78N4O10/c1-4-7-8-9-10-11-12-13-14-17-28-56-53(63)67-43-26-27-48-46(37-43)50-44(21-16-19-31-60)42(20-15-18-30-59)36-45-47(57-66-6-3)38-49(54(68-48,51(45)50)65-33-5-2)58(29-34-64-35-32-61)52(62)41-24-22-40(39-55)23-25-41/h5,22-27,36-37,42,44,49-51,59-61H,2,4,6-21,28-35,38H2,1,3H3,(H,56,63). The van der Waals surface area contributed by atoms with Crippen molar-refractivity contribution in [3.63, 3.8) is 0 Å². The van der Waals surface area contributed by atoms with Gasteiger partial charge >= 0.3 is 6.09 Å². The van der Waals surface area contributed by atoms with Gasteiger partial charge in [0.25, 0.3) is 5.91 Å². The van der Waals surface area contributed by atoms with Gasteiger partial charge in [0.2, 0.25) is 5.79 Å². The number of oxime groups is 1. The predicted molar refractivity (Wildman–Crippen MR) is 263 cm³/mol. The van der Waals surface area contributed by atoms with Crippen LogP contribution in [0.1, 0.15) is 150 Å². The molecular weight excluding hydrogens is 865 g/mol. The molecule has 14 heteroatoms.